The topological polar surface area (TPSA) is 293 Å². The van der Waals surface area contributed by atoms with Gasteiger partial charge < -0.3 is 70.7 Å². The van der Waals surface area contributed by atoms with Crippen LogP contribution in [0.3, 0.4) is 0 Å². The van der Waals surface area contributed by atoms with Crippen LogP contribution < -0.4 is 41.8 Å². The predicted octanol–water partition coefficient (Wildman–Crippen LogP) is 5.50. The number of aromatic nitrogens is 4. The number of hydrogen-bond donors (Lipinski definition) is 7. The zero-order valence-corrected chi connectivity index (χ0v) is 47.0. The molecule has 3 aromatic heterocycles. The van der Waals surface area contributed by atoms with Crippen molar-refractivity contribution in [3.63, 3.8) is 0 Å². The van der Waals surface area contributed by atoms with E-state index in [4.69, 9.17) is 39.1 Å². The molecule has 79 heavy (non-hydrogen) atoms. The number of nitrogens with two attached hydrogens (primary N) is 1. The van der Waals surface area contributed by atoms with E-state index in [2.05, 4.69) is 36.6 Å². The molecule has 7 rings (SSSR count). The molecule has 5 amide bonds. The van der Waals surface area contributed by atoms with Crippen molar-refractivity contribution >= 4 is 64.2 Å². The monoisotopic (exact) mass is 1110 g/mol. The Morgan fingerprint density at radius 2 is 1.57 bits per heavy atom. The van der Waals surface area contributed by atoms with Gasteiger partial charge in [-0.3, -0.25) is 23.6 Å². The van der Waals surface area contributed by atoms with E-state index in [1.165, 1.54) is 12.0 Å². The third kappa shape index (κ3) is 16.7. The number of anilines is 3. The predicted molar refractivity (Wildman–Crippen MR) is 296 cm³/mol. The Morgan fingerprint density at radius 1 is 0.886 bits per heavy atom. The number of nitrogens with zero attached hydrogens (tertiary/aromatic N) is 5. The van der Waals surface area contributed by atoms with Gasteiger partial charge in [-0.25, -0.2) is 14.8 Å². The fourth-order valence-electron chi connectivity index (χ4n) is 9.29. The van der Waals surface area contributed by atoms with E-state index in [-0.39, 0.29) is 94.9 Å². The molecule has 5 aromatic rings. The van der Waals surface area contributed by atoms with Crippen molar-refractivity contribution in [2.75, 3.05) is 70.5 Å². The average Bonchev–Trinajstić information content (AvgIpc) is 4.32. The zero-order valence-electron chi connectivity index (χ0n) is 46.2. The average molecular weight is 1110 g/mol. The summed E-state index contributed by atoms with van der Waals surface area (Å²) in [6, 6.07) is 10.6. The third-order valence-corrected chi connectivity index (χ3v) is 14.1. The number of likely N-dealkylation sites (tertiary alicyclic amines) is 1. The Labute approximate surface area is 464 Å². The van der Waals surface area contributed by atoms with Crippen molar-refractivity contribution in [1.29, 1.82) is 0 Å². The molecule has 1 saturated heterocycles. The van der Waals surface area contributed by atoms with Crippen molar-refractivity contribution in [2.45, 2.75) is 123 Å². The number of imidazole rings is 1. The molecule has 23 nitrogen and oxygen atoms in total. The van der Waals surface area contributed by atoms with Crippen LogP contribution in [-0.2, 0) is 39.9 Å². The molecule has 24 heteroatoms. The summed E-state index contributed by atoms with van der Waals surface area (Å²) in [5.74, 6) is -0.682. The number of carbonyl (C=O) groups excluding carboxylic acids is 5. The molecular formula is C55H75N11O12S. The minimum Gasteiger partial charge on any atom is -0.497 e. The highest BCUT2D eigenvalue weighted by atomic mass is 32.1. The lowest BCUT2D eigenvalue weighted by atomic mass is 9.85. The summed E-state index contributed by atoms with van der Waals surface area (Å²) >= 11 is 1.56. The largest absolute Gasteiger partial charge is 0.497 e. The molecule has 2 aromatic carbocycles. The molecule has 5 atom stereocenters. The number of hydrogen-bond acceptors (Lipinski definition) is 18. The molecule has 1 unspecified atom stereocenters. The lowest BCUT2D eigenvalue weighted by Gasteiger charge is -2.35. The number of β-amino-alcohol motifs (C(OH)–C–C–N with tert-alkyl or cyclic N) is 1. The molecule has 0 radical (unpaired) electrons. The van der Waals surface area contributed by atoms with Gasteiger partial charge in [-0.05, 0) is 57.1 Å². The molecule has 1 aliphatic carbocycles. The van der Waals surface area contributed by atoms with E-state index in [0.717, 1.165) is 47.4 Å². The Kier molecular flexibility index (Phi) is 20.5. The number of aryl methyl sites for hydroxylation is 1. The summed E-state index contributed by atoms with van der Waals surface area (Å²) in [7, 11) is 1.52. The Morgan fingerprint density at radius 3 is 2.23 bits per heavy atom. The van der Waals surface area contributed by atoms with Crippen molar-refractivity contribution in [2.24, 2.45) is 11.1 Å². The molecule has 1 aliphatic heterocycles. The first-order valence-corrected chi connectivity index (χ1v) is 27.4. The molecular weight excluding hydrogens is 1040 g/mol. The van der Waals surface area contributed by atoms with E-state index >= 15 is 0 Å². The first kappa shape index (κ1) is 59.5. The zero-order chi connectivity index (χ0) is 56.9. The molecule has 0 spiro atoms. The first-order chi connectivity index (χ1) is 37.7. The van der Waals surface area contributed by atoms with Crippen LogP contribution >= 0.6 is 11.3 Å². The van der Waals surface area contributed by atoms with E-state index in [9.17, 15) is 29.1 Å². The minimum atomic E-state index is -1.00. The number of fused-ring (bicyclic) bond motifs is 1. The fraction of sp³-hybridized carbons (Fsp3) is 0.527. The molecule has 2 fully saturated rings. The van der Waals surface area contributed by atoms with Gasteiger partial charge in [-0.1, -0.05) is 57.9 Å². The lowest BCUT2D eigenvalue weighted by molar-refractivity contribution is -0.144. The van der Waals surface area contributed by atoms with Gasteiger partial charge in [0.15, 0.2) is 11.5 Å². The van der Waals surface area contributed by atoms with E-state index in [1.54, 1.807) is 51.8 Å². The number of thiazole rings is 1. The number of benzene rings is 2. The van der Waals surface area contributed by atoms with Crippen molar-refractivity contribution in [1.82, 2.24) is 40.2 Å². The number of methoxy groups -OCH3 is 1. The third-order valence-electron chi connectivity index (χ3n) is 13.1. The second-order valence-corrected chi connectivity index (χ2v) is 22.4. The summed E-state index contributed by atoms with van der Waals surface area (Å²) < 4.78 is 35.7. The number of carbonyl (C=O) groups is 5. The highest BCUT2D eigenvalue weighted by Gasteiger charge is 2.44. The summed E-state index contributed by atoms with van der Waals surface area (Å²) in [5.41, 5.74) is 10.0. The molecule has 1 saturated carbocycles. The molecule has 0 bridgehead atoms. The van der Waals surface area contributed by atoms with Crippen LogP contribution in [0.2, 0.25) is 0 Å². The number of aliphatic hydroxyl groups is 1. The van der Waals surface area contributed by atoms with Gasteiger partial charge in [0.1, 0.15) is 48.0 Å². The van der Waals surface area contributed by atoms with Crippen LogP contribution in [0.25, 0.3) is 16.1 Å². The van der Waals surface area contributed by atoms with Crippen LogP contribution in [0.4, 0.5) is 22.2 Å². The second-order valence-electron chi connectivity index (χ2n) is 21.5. The number of ether oxygens (including phenoxy) is 6. The maximum Gasteiger partial charge on any atom is 0.407 e. The number of amides is 5. The quantitative estimate of drug-likeness (QED) is 0.0355. The van der Waals surface area contributed by atoms with E-state index in [1.807, 2.05) is 72.7 Å². The van der Waals surface area contributed by atoms with Crippen LogP contribution in [-0.4, -0.2) is 155 Å². The Balaban J connectivity index is 0.826. The molecule has 4 heterocycles. The summed E-state index contributed by atoms with van der Waals surface area (Å²) in [4.78, 5) is 82.3. The standard InChI is InChI=1S/C55H75N11O12S/c1-33-45(79-32-59-33)35-15-13-34(14-16-35)29-58-50(70)42-27-37(67)30-66(42)51(71)46(54(2,3)4)63-43(68)31-76-22-21-74-19-20-75-23-24-77-39-26-36(25-38(28-39)73-8)60-48-44(47(56)69)49-57-17-18-65(49)52(64-48)61-40-11-9-10-12-41(40)62-53(72)78-55(5,6)7/h13-18,25-26,28,32,37,40-42,46,60,67H,9-12,19-24,27,29-31H2,1-8H3,(H2,56,69)(H,58,70)(H,61,64)(H,62,72)(H,63,68)/t37-,40+,41-,42+,46?/m1/s1. The minimum absolute atomic E-state index is 0.0403. The van der Waals surface area contributed by atoms with Gasteiger partial charge in [0.05, 0.1) is 68.4 Å². The molecule has 8 N–H and O–H groups in total. The van der Waals surface area contributed by atoms with Crippen LogP contribution in [0.15, 0.2) is 60.4 Å². The van der Waals surface area contributed by atoms with Crippen LogP contribution in [0, 0.1) is 12.3 Å². The lowest BCUT2D eigenvalue weighted by Crippen LogP contribution is -2.58. The normalized spacial score (nSPS) is 17.9. The van der Waals surface area contributed by atoms with Gasteiger partial charge in [-0.2, -0.15) is 4.98 Å². The SMILES string of the molecule is COc1cc(Nc2nc(N[C@H]3CCCC[C@H]3NC(=O)OC(C)(C)C)n3ccnc3c2C(N)=O)cc(OCCOCCOCCOCC(=O)NC(C(=O)N2C[C@H](O)C[C@H]2C(=O)NCc2ccc(-c3scnc3C)cc2)C(C)(C)C)c1. The smallest absolute Gasteiger partial charge is 0.407 e. The van der Waals surface area contributed by atoms with Crippen LogP contribution in [0.1, 0.15) is 95.3 Å². The second kappa shape index (κ2) is 27.2. The van der Waals surface area contributed by atoms with Crippen molar-refractivity contribution in [3.05, 3.63) is 77.2 Å². The number of nitrogens with one attached hydrogen (secondary N) is 5. The highest BCUT2D eigenvalue weighted by Crippen LogP contribution is 2.33. The number of rotatable bonds is 25. The van der Waals surface area contributed by atoms with Crippen molar-refractivity contribution in [3.8, 4) is 21.9 Å². The van der Waals surface area contributed by atoms with Gasteiger partial charge in [0, 0.05) is 61.8 Å². The fourth-order valence-corrected chi connectivity index (χ4v) is 10.1. The van der Waals surface area contributed by atoms with Gasteiger partial charge >= 0.3 is 6.09 Å². The van der Waals surface area contributed by atoms with Gasteiger partial charge in [0.2, 0.25) is 23.7 Å². The highest BCUT2D eigenvalue weighted by molar-refractivity contribution is 7.13. The summed E-state index contributed by atoms with van der Waals surface area (Å²) in [5, 5.41) is 26.0. The van der Waals surface area contributed by atoms with Crippen molar-refractivity contribution < 1.29 is 57.5 Å². The number of aliphatic hydroxyl groups excluding tert-OH is 1. The number of alkyl carbamates (subject to hydrolysis) is 1. The van der Waals surface area contributed by atoms with E-state index in [0.29, 0.717) is 23.1 Å². The van der Waals surface area contributed by atoms with Gasteiger partial charge in [0.25, 0.3) is 5.91 Å². The van der Waals surface area contributed by atoms with E-state index < -0.39 is 58.9 Å². The number of primary amides is 1. The Hall–Kier alpha value is -7.12. The summed E-state index contributed by atoms with van der Waals surface area (Å²) in [6.07, 6.45) is 5.26. The molecule has 2 aliphatic rings. The molecule has 428 valence electrons. The van der Waals surface area contributed by atoms with Crippen LogP contribution in [0.5, 0.6) is 11.5 Å². The van der Waals surface area contributed by atoms with Gasteiger partial charge in [-0.15, -0.1) is 11.3 Å². The summed E-state index contributed by atoms with van der Waals surface area (Å²) in [6.45, 7) is 13.9. The Bertz CT molecular complexity index is 2880. The maximum absolute atomic E-state index is 14.0. The maximum atomic E-state index is 14.0. The first-order valence-electron chi connectivity index (χ1n) is 26.5.